The molecule has 5 heteroatoms. The van der Waals surface area contributed by atoms with Crippen molar-refractivity contribution >= 4 is 29.5 Å². The van der Waals surface area contributed by atoms with Gasteiger partial charge in [-0.05, 0) is 30.3 Å². The van der Waals surface area contributed by atoms with Crippen molar-refractivity contribution in [2.24, 2.45) is 0 Å². The normalized spacial score (nSPS) is 10.5. The molecule has 0 aliphatic carbocycles. The van der Waals surface area contributed by atoms with Crippen LogP contribution < -0.4 is 0 Å². The van der Waals surface area contributed by atoms with Gasteiger partial charge in [-0.2, -0.15) is 4.74 Å². The van der Waals surface area contributed by atoms with Gasteiger partial charge in [0.05, 0.1) is 5.56 Å². The second kappa shape index (κ2) is 9.25. The summed E-state index contributed by atoms with van der Waals surface area (Å²) in [6.45, 7) is 0. The fraction of sp³-hybridized carbons (Fsp3) is 0. The summed E-state index contributed by atoms with van der Waals surface area (Å²) in [5, 5.41) is 20.7. The Morgan fingerprint density at radius 3 is 2.04 bits per heavy atom. The molecule has 0 aliphatic heterocycles. The van der Waals surface area contributed by atoms with E-state index in [1.165, 1.54) is 6.21 Å². The molecule has 0 unspecified atom stereocenters. The Kier molecular flexibility index (Phi) is 6.75. The highest BCUT2D eigenvalue weighted by Gasteiger charge is 2.01. The maximum Gasteiger partial charge on any atom is 0.335 e. The lowest BCUT2D eigenvalue weighted by Crippen LogP contribution is -1.98. The molecule has 25 heavy (non-hydrogen) atoms. The number of hydrogen-bond donors (Lipinski definition) is 1. The van der Waals surface area contributed by atoms with Gasteiger partial charge in [-0.25, -0.2) is 4.79 Å². The van der Waals surface area contributed by atoms with E-state index in [2.05, 4.69) is 0 Å². The van der Waals surface area contributed by atoms with Gasteiger partial charge in [0.2, 0.25) is 5.69 Å². The van der Waals surface area contributed by atoms with Gasteiger partial charge in [-0.3, -0.25) is 0 Å². The van der Waals surface area contributed by atoms with Gasteiger partial charge in [-0.15, -0.1) is 0 Å². The van der Waals surface area contributed by atoms with Crippen LogP contribution in [-0.4, -0.2) is 22.0 Å². The topological polar surface area (TPSA) is 63.4 Å². The summed E-state index contributed by atoms with van der Waals surface area (Å²) in [5.74, 6) is -0.879. The van der Waals surface area contributed by atoms with Crippen LogP contribution >= 0.6 is 11.6 Å². The lowest BCUT2D eigenvalue weighted by atomic mass is 10.2. The molecule has 1 N–H and O–H groups in total. The minimum atomic E-state index is -0.879. The molecule has 0 aliphatic rings. The smallest absolute Gasteiger partial charge is 0.335 e. The van der Waals surface area contributed by atoms with Crippen molar-refractivity contribution in [3.8, 4) is 0 Å². The molecule has 0 saturated heterocycles. The number of aromatic carboxylic acids is 1. The number of nitrogens with zero attached hydrogens (tertiary/aromatic N) is 1. The SMILES string of the molecule is O=C(O)c1ccccc1.[O-]/[N+](=C\c1ccccc1)c1cccc(Cl)c1. The van der Waals surface area contributed by atoms with E-state index in [0.717, 1.165) is 10.3 Å². The maximum atomic E-state index is 11.8. The zero-order chi connectivity index (χ0) is 18.1. The summed E-state index contributed by atoms with van der Waals surface area (Å²) in [4.78, 5) is 10.2. The molecule has 0 heterocycles. The first-order valence-electron chi connectivity index (χ1n) is 7.46. The number of carboxylic acids is 1. The molecule has 0 saturated carbocycles. The third kappa shape index (κ3) is 6.12. The summed E-state index contributed by atoms with van der Waals surface area (Å²) >= 11 is 5.81. The molecule has 0 spiro atoms. The second-order valence-electron chi connectivity index (χ2n) is 5.02. The predicted molar refractivity (Wildman–Crippen MR) is 99.7 cm³/mol. The zero-order valence-corrected chi connectivity index (χ0v) is 14.0. The first kappa shape index (κ1) is 18.2. The van der Waals surface area contributed by atoms with Crippen LogP contribution in [-0.2, 0) is 0 Å². The number of carboxylic acid groups (broad SMARTS) is 1. The van der Waals surface area contributed by atoms with Crippen LogP contribution in [0.4, 0.5) is 5.69 Å². The van der Waals surface area contributed by atoms with Gasteiger partial charge in [0.15, 0.2) is 6.21 Å². The molecule has 0 fully saturated rings. The molecule has 0 radical (unpaired) electrons. The summed E-state index contributed by atoms with van der Waals surface area (Å²) in [5.41, 5.74) is 1.71. The van der Waals surface area contributed by atoms with E-state index in [1.54, 1.807) is 54.6 Å². The van der Waals surface area contributed by atoms with Crippen LogP contribution in [0, 0.1) is 5.21 Å². The first-order chi connectivity index (χ1) is 12.1. The molecule has 3 aromatic rings. The number of halogens is 1. The third-order valence-corrected chi connectivity index (χ3v) is 3.38. The van der Waals surface area contributed by atoms with Crippen LogP contribution in [0.1, 0.15) is 15.9 Å². The summed E-state index contributed by atoms with van der Waals surface area (Å²) < 4.78 is 0.807. The Morgan fingerprint density at radius 1 is 0.920 bits per heavy atom. The lowest BCUT2D eigenvalue weighted by molar-refractivity contribution is -0.354. The molecule has 0 atom stereocenters. The van der Waals surface area contributed by atoms with Crippen molar-refractivity contribution in [3.63, 3.8) is 0 Å². The van der Waals surface area contributed by atoms with E-state index < -0.39 is 5.97 Å². The maximum absolute atomic E-state index is 11.8. The van der Waals surface area contributed by atoms with E-state index in [-0.39, 0.29) is 0 Å². The lowest BCUT2D eigenvalue weighted by Gasteiger charge is -2.02. The Morgan fingerprint density at radius 2 is 1.52 bits per heavy atom. The molecule has 126 valence electrons. The molecule has 0 aromatic heterocycles. The van der Waals surface area contributed by atoms with E-state index in [4.69, 9.17) is 16.7 Å². The first-order valence-corrected chi connectivity index (χ1v) is 7.84. The number of hydrogen-bond acceptors (Lipinski definition) is 2. The van der Waals surface area contributed by atoms with Crippen molar-refractivity contribution in [1.82, 2.24) is 0 Å². The highest BCUT2D eigenvalue weighted by atomic mass is 35.5. The largest absolute Gasteiger partial charge is 0.618 e. The Balaban J connectivity index is 0.000000212. The Labute approximate surface area is 150 Å². The minimum absolute atomic E-state index is 0.331. The molecular formula is C20H16ClNO3. The van der Waals surface area contributed by atoms with Crippen molar-refractivity contribution in [3.05, 3.63) is 106 Å². The van der Waals surface area contributed by atoms with Gasteiger partial charge in [-0.1, -0.05) is 54.1 Å². The fourth-order valence-corrected chi connectivity index (χ4v) is 2.13. The standard InChI is InChI=1S/C13H10ClNO.C7H6O2/c14-12-7-4-8-13(9-12)15(16)10-11-5-2-1-3-6-11;8-7(9)6-4-2-1-3-5-6/h1-10H;1-5H,(H,8,9)/b15-10-;. The predicted octanol–water partition coefficient (Wildman–Crippen LogP) is 4.99. The molecule has 3 rings (SSSR count). The molecular weight excluding hydrogens is 338 g/mol. The average molecular weight is 354 g/mol. The van der Waals surface area contributed by atoms with Gasteiger partial charge in [0.1, 0.15) is 0 Å². The van der Waals surface area contributed by atoms with Crippen molar-refractivity contribution in [1.29, 1.82) is 0 Å². The number of rotatable bonds is 3. The Bertz CT molecular complexity index is 849. The van der Waals surface area contributed by atoms with Crippen LogP contribution in [0.25, 0.3) is 0 Å². The molecule has 3 aromatic carbocycles. The highest BCUT2D eigenvalue weighted by molar-refractivity contribution is 6.30. The van der Waals surface area contributed by atoms with Crippen molar-refractivity contribution in [2.45, 2.75) is 0 Å². The van der Waals surface area contributed by atoms with Gasteiger partial charge in [0, 0.05) is 22.7 Å². The molecule has 4 nitrogen and oxygen atoms in total. The summed E-state index contributed by atoms with van der Waals surface area (Å²) in [7, 11) is 0. The average Bonchev–Trinajstić information content (AvgIpc) is 2.64. The second-order valence-corrected chi connectivity index (χ2v) is 5.45. The van der Waals surface area contributed by atoms with Gasteiger partial charge in [0.25, 0.3) is 0 Å². The van der Waals surface area contributed by atoms with Crippen LogP contribution in [0.15, 0.2) is 84.9 Å². The molecule has 0 amide bonds. The number of carbonyl (C=O) groups is 1. The minimum Gasteiger partial charge on any atom is -0.618 e. The Hall–Kier alpha value is -3.11. The summed E-state index contributed by atoms with van der Waals surface area (Å²) in [6.07, 6.45) is 1.52. The quantitative estimate of drug-likeness (QED) is 0.312. The fourth-order valence-electron chi connectivity index (χ4n) is 1.94. The van der Waals surface area contributed by atoms with E-state index >= 15 is 0 Å². The van der Waals surface area contributed by atoms with Gasteiger partial charge < -0.3 is 10.3 Å². The number of benzene rings is 3. The van der Waals surface area contributed by atoms with Gasteiger partial charge >= 0.3 is 5.97 Å². The zero-order valence-electron chi connectivity index (χ0n) is 13.2. The van der Waals surface area contributed by atoms with Crippen LogP contribution in [0.2, 0.25) is 5.02 Å². The van der Waals surface area contributed by atoms with Crippen LogP contribution in [0.3, 0.4) is 0 Å². The highest BCUT2D eigenvalue weighted by Crippen LogP contribution is 2.17. The third-order valence-electron chi connectivity index (χ3n) is 3.15. The van der Waals surface area contributed by atoms with Crippen molar-refractivity contribution in [2.75, 3.05) is 0 Å². The molecule has 0 bridgehead atoms. The van der Waals surface area contributed by atoms with Crippen LogP contribution in [0.5, 0.6) is 0 Å². The van der Waals surface area contributed by atoms with E-state index in [9.17, 15) is 10.0 Å². The van der Waals surface area contributed by atoms with E-state index in [0.29, 0.717) is 16.3 Å². The monoisotopic (exact) mass is 353 g/mol. The van der Waals surface area contributed by atoms with Crippen molar-refractivity contribution < 1.29 is 14.6 Å². The van der Waals surface area contributed by atoms with E-state index in [1.807, 2.05) is 30.3 Å². The summed E-state index contributed by atoms with van der Waals surface area (Å²) in [6, 6.07) is 24.6.